The van der Waals surface area contributed by atoms with Gasteiger partial charge in [-0.3, -0.25) is 9.35 Å². The Morgan fingerprint density at radius 2 is 1.12 bits per heavy atom. The van der Waals surface area contributed by atoms with E-state index in [0.717, 1.165) is 64.2 Å². The van der Waals surface area contributed by atoms with Crippen molar-refractivity contribution in [3.8, 4) is 0 Å². The van der Waals surface area contributed by atoms with Crippen LogP contribution in [0, 0.1) is 0 Å². The fourth-order valence-corrected chi connectivity index (χ4v) is 5.48. The van der Waals surface area contributed by atoms with Gasteiger partial charge in [0.2, 0.25) is 5.91 Å². The Morgan fingerprint density at radius 1 is 0.675 bits per heavy atom. The monoisotopic (exact) mass is 587 g/mol. The average Bonchev–Trinajstić information content (AvgIpc) is 2.90. The van der Waals surface area contributed by atoms with Crippen LogP contribution in [-0.2, 0) is 14.9 Å². The molecule has 0 radical (unpaired) electrons. The Labute approximate surface area is 246 Å². The molecule has 0 aromatic rings. The summed E-state index contributed by atoms with van der Waals surface area (Å²) in [7, 11) is -4.39. The van der Waals surface area contributed by atoms with Crippen LogP contribution in [0.25, 0.3) is 0 Å². The fourth-order valence-electron chi connectivity index (χ4n) is 4.72. The lowest BCUT2D eigenvalue weighted by Crippen LogP contribution is -2.50. The highest BCUT2D eigenvalue weighted by atomic mass is 32.2. The smallest absolute Gasteiger partial charge is 0.266 e. The van der Waals surface area contributed by atoms with Crippen molar-refractivity contribution in [3.05, 3.63) is 24.3 Å². The number of hydrogen-bond acceptors (Lipinski definition) is 5. The predicted octanol–water partition coefficient (Wildman–Crippen LogP) is 7.43. The van der Waals surface area contributed by atoms with Crippen LogP contribution in [0.4, 0.5) is 0 Å². The third-order valence-electron chi connectivity index (χ3n) is 7.27. The van der Waals surface area contributed by atoms with E-state index in [-0.39, 0.29) is 6.42 Å². The second-order valence-electron chi connectivity index (χ2n) is 11.2. The van der Waals surface area contributed by atoms with E-state index in [9.17, 15) is 28.0 Å². The molecule has 0 aromatic heterocycles. The molecule has 0 aliphatic carbocycles. The summed E-state index contributed by atoms with van der Waals surface area (Å²) in [5.41, 5.74) is 0. The van der Waals surface area contributed by atoms with Crippen LogP contribution in [0.2, 0.25) is 0 Å². The molecular formula is C32H61NO6S. The molecule has 0 spiro atoms. The Bertz CT molecular complexity index is 753. The summed E-state index contributed by atoms with van der Waals surface area (Å²) in [6.07, 6.45) is 27.9. The molecule has 0 heterocycles. The number of hydrogen-bond donors (Lipinski definition) is 4. The van der Waals surface area contributed by atoms with E-state index in [1.54, 1.807) is 0 Å². The molecule has 0 aromatic carbocycles. The summed E-state index contributed by atoms with van der Waals surface area (Å²) >= 11 is 0. The number of carbonyl (C=O) groups excluding carboxylic acids is 1. The van der Waals surface area contributed by atoms with Crippen LogP contribution in [0.15, 0.2) is 24.3 Å². The van der Waals surface area contributed by atoms with Gasteiger partial charge in [0.15, 0.2) is 0 Å². The first-order valence-corrected chi connectivity index (χ1v) is 17.7. The highest BCUT2D eigenvalue weighted by Crippen LogP contribution is 2.14. The van der Waals surface area contributed by atoms with Gasteiger partial charge in [0.25, 0.3) is 10.1 Å². The lowest BCUT2D eigenvalue weighted by molar-refractivity contribution is -0.131. The van der Waals surface area contributed by atoms with Crippen molar-refractivity contribution >= 4 is 16.0 Å². The Balaban J connectivity index is 4.08. The minimum atomic E-state index is -4.39. The average molecular weight is 588 g/mol. The van der Waals surface area contributed by atoms with Gasteiger partial charge in [-0.05, 0) is 44.9 Å². The molecule has 8 heteroatoms. The number of nitrogens with one attached hydrogen (secondary N) is 1. The molecule has 0 aliphatic rings. The second kappa shape index (κ2) is 26.7. The predicted molar refractivity (Wildman–Crippen MR) is 167 cm³/mol. The Hall–Kier alpha value is -1.22. The lowest BCUT2D eigenvalue weighted by atomic mass is 10.0. The molecule has 236 valence electrons. The molecule has 7 nitrogen and oxygen atoms in total. The van der Waals surface area contributed by atoms with Gasteiger partial charge in [-0.1, -0.05) is 128 Å². The molecule has 0 saturated carbocycles. The van der Waals surface area contributed by atoms with Gasteiger partial charge in [0.1, 0.15) is 6.10 Å². The summed E-state index contributed by atoms with van der Waals surface area (Å²) in [6.45, 7) is 4.38. The summed E-state index contributed by atoms with van der Waals surface area (Å²) in [5.74, 6) is -1.47. The minimum absolute atomic E-state index is 0.285. The van der Waals surface area contributed by atoms with Crippen LogP contribution < -0.4 is 5.32 Å². The highest BCUT2D eigenvalue weighted by Gasteiger charge is 2.28. The van der Waals surface area contributed by atoms with E-state index in [1.165, 1.54) is 44.9 Å². The van der Waals surface area contributed by atoms with E-state index >= 15 is 0 Å². The second-order valence-corrected chi connectivity index (χ2v) is 12.7. The van der Waals surface area contributed by atoms with E-state index < -0.39 is 40.0 Å². The normalized spacial score (nSPS) is 14.6. The van der Waals surface area contributed by atoms with Crippen LogP contribution in [0.3, 0.4) is 0 Å². The minimum Gasteiger partial charge on any atom is -0.391 e. The van der Waals surface area contributed by atoms with Crippen molar-refractivity contribution in [2.45, 2.75) is 167 Å². The maximum atomic E-state index is 12.5. The Kier molecular flexibility index (Phi) is 25.9. The third kappa shape index (κ3) is 25.7. The Morgan fingerprint density at radius 3 is 1.68 bits per heavy atom. The first kappa shape index (κ1) is 38.8. The standard InChI is InChI=1S/C32H61NO6S/c1-3-5-7-9-11-12-13-14-15-16-17-18-19-21-23-25-27-31(35)32(36)33-29(28-40(37,38)39)30(34)26-24-22-20-10-8-6-4-2/h11-12,14-15,29-31,34-35H,3-10,13,16-28H2,1-2H3,(H,33,36)(H,37,38,39)/b12-11-,15-14-. The zero-order valence-corrected chi connectivity index (χ0v) is 26.4. The van der Waals surface area contributed by atoms with Gasteiger partial charge in [0.05, 0.1) is 17.9 Å². The summed E-state index contributed by atoms with van der Waals surface area (Å²) in [5, 5.41) is 23.2. The van der Waals surface area contributed by atoms with Gasteiger partial charge in [-0.2, -0.15) is 8.42 Å². The van der Waals surface area contributed by atoms with Gasteiger partial charge in [-0.25, -0.2) is 0 Å². The number of aliphatic hydroxyl groups excluding tert-OH is 2. The van der Waals surface area contributed by atoms with Crippen LogP contribution in [0.1, 0.15) is 149 Å². The number of aliphatic hydroxyl groups is 2. The van der Waals surface area contributed by atoms with Crippen molar-refractivity contribution in [1.82, 2.24) is 5.32 Å². The maximum absolute atomic E-state index is 12.5. The lowest BCUT2D eigenvalue weighted by Gasteiger charge is -2.24. The van der Waals surface area contributed by atoms with Crippen molar-refractivity contribution < 1.29 is 28.0 Å². The summed E-state index contributed by atoms with van der Waals surface area (Å²) in [6, 6.07) is -1.15. The maximum Gasteiger partial charge on any atom is 0.266 e. The molecule has 0 saturated heterocycles. The zero-order chi connectivity index (χ0) is 29.9. The van der Waals surface area contributed by atoms with Crippen molar-refractivity contribution in [1.29, 1.82) is 0 Å². The van der Waals surface area contributed by atoms with Crippen LogP contribution in [0.5, 0.6) is 0 Å². The quantitative estimate of drug-likeness (QED) is 0.0429. The molecule has 4 N–H and O–H groups in total. The van der Waals surface area contributed by atoms with Crippen molar-refractivity contribution in [2.24, 2.45) is 0 Å². The largest absolute Gasteiger partial charge is 0.391 e. The zero-order valence-electron chi connectivity index (χ0n) is 25.6. The van der Waals surface area contributed by atoms with Gasteiger partial charge >= 0.3 is 0 Å². The van der Waals surface area contributed by atoms with E-state index in [1.807, 2.05) is 0 Å². The first-order chi connectivity index (χ1) is 19.2. The van der Waals surface area contributed by atoms with Crippen LogP contribution >= 0.6 is 0 Å². The number of rotatable bonds is 28. The topological polar surface area (TPSA) is 124 Å². The SMILES string of the molecule is CCCCC/C=C\C/C=C\CCCCCCCCC(O)C(=O)NC(CS(=O)(=O)O)C(O)CCCCCCCCC. The van der Waals surface area contributed by atoms with E-state index in [2.05, 4.69) is 43.5 Å². The van der Waals surface area contributed by atoms with Gasteiger partial charge in [0, 0.05) is 0 Å². The molecule has 3 unspecified atom stereocenters. The first-order valence-electron chi connectivity index (χ1n) is 16.1. The molecular weight excluding hydrogens is 526 g/mol. The molecule has 0 bridgehead atoms. The van der Waals surface area contributed by atoms with E-state index in [0.29, 0.717) is 19.3 Å². The highest BCUT2D eigenvalue weighted by molar-refractivity contribution is 7.85. The van der Waals surface area contributed by atoms with E-state index in [4.69, 9.17) is 0 Å². The van der Waals surface area contributed by atoms with Crippen molar-refractivity contribution in [2.75, 3.05) is 5.75 Å². The molecule has 3 atom stereocenters. The molecule has 1 amide bonds. The number of unbranched alkanes of at least 4 members (excludes halogenated alkanes) is 15. The summed E-state index contributed by atoms with van der Waals surface area (Å²) < 4.78 is 32.2. The molecule has 40 heavy (non-hydrogen) atoms. The van der Waals surface area contributed by atoms with Gasteiger partial charge in [-0.15, -0.1) is 0 Å². The molecule has 0 aliphatic heterocycles. The third-order valence-corrected chi connectivity index (χ3v) is 8.05. The van der Waals surface area contributed by atoms with Gasteiger partial charge < -0.3 is 15.5 Å². The number of amides is 1. The van der Waals surface area contributed by atoms with Crippen molar-refractivity contribution in [3.63, 3.8) is 0 Å². The molecule has 0 fully saturated rings. The number of allylic oxidation sites excluding steroid dienone is 4. The molecule has 0 rings (SSSR count). The van der Waals surface area contributed by atoms with Crippen LogP contribution in [-0.4, -0.2) is 53.1 Å². The summed E-state index contributed by atoms with van der Waals surface area (Å²) in [4.78, 5) is 12.5. The number of carbonyl (C=O) groups is 1. The fraction of sp³-hybridized carbons (Fsp3) is 0.844.